The molecule has 3 rings (SSSR count). The normalized spacial score (nSPS) is 20.6. The lowest BCUT2D eigenvalue weighted by Gasteiger charge is -2.25. The summed E-state index contributed by atoms with van der Waals surface area (Å²) in [6.45, 7) is 2.94. The summed E-state index contributed by atoms with van der Waals surface area (Å²) < 4.78 is 6.22. The molecule has 1 amide bonds. The van der Waals surface area contributed by atoms with Crippen molar-refractivity contribution in [3.05, 3.63) is 18.2 Å². The number of ether oxygens (including phenoxy) is 1. The van der Waals surface area contributed by atoms with E-state index in [0.29, 0.717) is 5.13 Å². The molecule has 0 aliphatic carbocycles. The number of carbonyl (C=O) groups excluding carboxylic acids is 1. The number of aromatic nitrogens is 1. The van der Waals surface area contributed by atoms with Gasteiger partial charge in [-0.3, -0.25) is 4.79 Å². The molecule has 1 aromatic carbocycles. The Balaban J connectivity index is 0.00000176. The fourth-order valence-electron chi connectivity index (χ4n) is 2.76. The third-order valence-electron chi connectivity index (χ3n) is 4.10. The Morgan fingerprint density at radius 2 is 2.36 bits per heavy atom. The van der Waals surface area contributed by atoms with E-state index in [2.05, 4.69) is 15.6 Å². The van der Waals surface area contributed by atoms with E-state index in [1.54, 1.807) is 7.11 Å². The van der Waals surface area contributed by atoms with Gasteiger partial charge in [0.1, 0.15) is 5.75 Å². The van der Waals surface area contributed by atoms with Crippen molar-refractivity contribution in [1.82, 2.24) is 10.3 Å². The summed E-state index contributed by atoms with van der Waals surface area (Å²) in [7, 11) is 1.64. The Morgan fingerprint density at radius 1 is 1.55 bits per heavy atom. The largest absolute Gasteiger partial charge is 0.497 e. The number of nitrogens with one attached hydrogen (secondary N) is 2. The van der Waals surface area contributed by atoms with Crippen molar-refractivity contribution in [1.29, 1.82) is 0 Å². The second-order valence-corrected chi connectivity index (χ2v) is 6.30. The third-order valence-corrected chi connectivity index (χ3v) is 5.03. The van der Waals surface area contributed by atoms with Gasteiger partial charge < -0.3 is 15.4 Å². The monoisotopic (exact) mass is 341 g/mol. The number of thiazole rings is 1. The van der Waals surface area contributed by atoms with Gasteiger partial charge in [-0.25, -0.2) is 4.98 Å². The van der Waals surface area contributed by atoms with E-state index >= 15 is 0 Å². The van der Waals surface area contributed by atoms with Gasteiger partial charge in [0.25, 0.3) is 0 Å². The maximum Gasteiger partial charge on any atom is 0.246 e. The van der Waals surface area contributed by atoms with Gasteiger partial charge in [0.05, 0.1) is 22.9 Å². The average molecular weight is 342 g/mol. The number of carbonyl (C=O) groups is 1. The standard InChI is InChI=1S/C15H19N3O2S.ClH/c1-3-15(7-4-8-16-15)13(19)18-14-17-11-6-5-10(20-2)9-12(11)21-14;/h5-6,9,16H,3-4,7-8H2,1-2H3,(H,17,18,19);1H. The predicted octanol–water partition coefficient (Wildman–Crippen LogP) is 3.20. The quantitative estimate of drug-likeness (QED) is 0.896. The number of fused-ring (bicyclic) bond motifs is 1. The maximum atomic E-state index is 12.5. The molecule has 0 bridgehead atoms. The van der Waals surface area contributed by atoms with Crippen LogP contribution in [-0.4, -0.2) is 30.1 Å². The molecule has 5 nitrogen and oxygen atoms in total. The minimum atomic E-state index is -0.435. The third kappa shape index (κ3) is 3.04. The zero-order valence-corrected chi connectivity index (χ0v) is 14.3. The molecule has 2 heterocycles. The number of amides is 1. The molecule has 1 fully saturated rings. The number of methoxy groups -OCH3 is 1. The lowest BCUT2D eigenvalue weighted by molar-refractivity contribution is -0.122. The average Bonchev–Trinajstić information content (AvgIpc) is 3.13. The van der Waals surface area contributed by atoms with Crippen molar-refractivity contribution in [3.8, 4) is 5.75 Å². The highest BCUT2D eigenvalue weighted by Crippen LogP contribution is 2.31. The number of halogens is 1. The van der Waals surface area contributed by atoms with E-state index < -0.39 is 5.54 Å². The second-order valence-electron chi connectivity index (χ2n) is 5.27. The summed E-state index contributed by atoms with van der Waals surface area (Å²) in [5, 5.41) is 6.95. The molecule has 2 N–H and O–H groups in total. The van der Waals surface area contributed by atoms with E-state index in [0.717, 1.165) is 41.8 Å². The molecule has 1 atom stereocenters. The highest BCUT2D eigenvalue weighted by atomic mass is 35.5. The van der Waals surface area contributed by atoms with Crippen molar-refractivity contribution in [2.45, 2.75) is 31.7 Å². The van der Waals surface area contributed by atoms with Crippen LogP contribution in [0.5, 0.6) is 5.75 Å². The van der Waals surface area contributed by atoms with Crippen molar-refractivity contribution in [2.75, 3.05) is 19.0 Å². The lowest BCUT2D eigenvalue weighted by Crippen LogP contribution is -2.50. The van der Waals surface area contributed by atoms with Gasteiger partial charge in [0.2, 0.25) is 5.91 Å². The van der Waals surface area contributed by atoms with E-state index in [9.17, 15) is 4.79 Å². The highest BCUT2D eigenvalue weighted by Gasteiger charge is 2.39. The van der Waals surface area contributed by atoms with Crippen LogP contribution < -0.4 is 15.4 Å². The smallest absolute Gasteiger partial charge is 0.246 e. The van der Waals surface area contributed by atoms with Gasteiger partial charge in [0, 0.05) is 0 Å². The van der Waals surface area contributed by atoms with E-state index in [-0.39, 0.29) is 18.3 Å². The highest BCUT2D eigenvalue weighted by molar-refractivity contribution is 7.22. The summed E-state index contributed by atoms with van der Waals surface area (Å²) in [6.07, 6.45) is 2.71. The molecule has 1 aliphatic heterocycles. The molecule has 1 aromatic heterocycles. The predicted molar refractivity (Wildman–Crippen MR) is 92.3 cm³/mol. The second kappa shape index (κ2) is 6.81. The summed E-state index contributed by atoms with van der Waals surface area (Å²) >= 11 is 1.47. The van der Waals surface area contributed by atoms with Crippen LogP contribution in [-0.2, 0) is 4.79 Å². The first-order valence-corrected chi connectivity index (χ1v) is 7.99. The van der Waals surface area contributed by atoms with Gasteiger partial charge in [-0.15, -0.1) is 12.4 Å². The SMILES string of the molecule is CCC1(C(=O)Nc2nc3ccc(OC)cc3s2)CCCN1.Cl. The number of anilines is 1. The molecule has 120 valence electrons. The first kappa shape index (κ1) is 17.0. The minimum absolute atomic E-state index is 0. The molecule has 1 saturated heterocycles. The summed E-state index contributed by atoms with van der Waals surface area (Å²) in [6, 6.07) is 5.72. The van der Waals surface area contributed by atoms with Crippen LogP contribution in [0.1, 0.15) is 26.2 Å². The Kier molecular flexibility index (Phi) is 5.26. The molecule has 0 saturated carbocycles. The molecule has 0 radical (unpaired) electrons. The van der Waals surface area contributed by atoms with Crippen LogP contribution in [0.4, 0.5) is 5.13 Å². The topological polar surface area (TPSA) is 63.2 Å². The number of hydrogen-bond acceptors (Lipinski definition) is 5. The van der Waals surface area contributed by atoms with E-state index in [1.165, 1.54) is 11.3 Å². The van der Waals surface area contributed by atoms with Crippen molar-refractivity contribution in [2.24, 2.45) is 0 Å². The molecule has 1 aliphatic rings. The van der Waals surface area contributed by atoms with Crippen LogP contribution >= 0.6 is 23.7 Å². The zero-order valence-electron chi connectivity index (χ0n) is 12.6. The zero-order chi connectivity index (χ0) is 14.9. The van der Waals surface area contributed by atoms with Crippen LogP contribution in [0.3, 0.4) is 0 Å². The molecule has 7 heteroatoms. The van der Waals surface area contributed by atoms with Gasteiger partial charge in [-0.1, -0.05) is 18.3 Å². The van der Waals surface area contributed by atoms with Crippen molar-refractivity contribution < 1.29 is 9.53 Å². The lowest BCUT2D eigenvalue weighted by atomic mass is 9.93. The first-order chi connectivity index (χ1) is 10.2. The Hall–Kier alpha value is -1.37. The summed E-state index contributed by atoms with van der Waals surface area (Å²) in [5.74, 6) is 0.819. The summed E-state index contributed by atoms with van der Waals surface area (Å²) in [4.78, 5) is 17.0. The maximum absolute atomic E-state index is 12.5. The fraction of sp³-hybridized carbons (Fsp3) is 0.467. The Labute approximate surface area is 139 Å². The van der Waals surface area contributed by atoms with Crippen LogP contribution in [0, 0.1) is 0 Å². The molecular formula is C15H20ClN3O2S. The summed E-state index contributed by atoms with van der Waals surface area (Å²) in [5.41, 5.74) is 0.441. The van der Waals surface area contributed by atoms with Crippen molar-refractivity contribution >= 4 is 45.0 Å². The fourth-order valence-corrected chi connectivity index (χ4v) is 3.65. The van der Waals surface area contributed by atoms with E-state index in [1.807, 2.05) is 25.1 Å². The van der Waals surface area contributed by atoms with Gasteiger partial charge in [-0.2, -0.15) is 0 Å². The first-order valence-electron chi connectivity index (χ1n) is 7.18. The van der Waals surface area contributed by atoms with Crippen LogP contribution in [0.15, 0.2) is 18.2 Å². The number of nitrogens with zero attached hydrogens (tertiary/aromatic N) is 1. The molecule has 0 spiro atoms. The van der Waals surface area contributed by atoms with Gasteiger partial charge in [0.15, 0.2) is 5.13 Å². The Bertz CT molecular complexity index is 668. The van der Waals surface area contributed by atoms with Crippen LogP contribution in [0.25, 0.3) is 10.2 Å². The number of benzene rings is 1. The van der Waals surface area contributed by atoms with Crippen molar-refractivity contribution in [3.63, 3.8) is 0 Å². The Morgan fingerprint density at radius 3 is 3.00 bits per heavy atom. The molecule has 1 unspecified atom stereocenters. The molecule has 22 heavy (non-hydrogen) atoms. The number of rotatable bonds is 4. The van der Waals surface area contributed by atoms with Gasteiger partial charge in [-0.05, 0) is 44.0 Å². The van der Waals surface area contributed by atoms with E-state index in [4.69, 9.17) is 4.74 Å². The minimum Gasteiger partial charge on any atom is -0.497 e. The molecular weight excluding hydrogens is 322 g/mol. The molecule has 2 aromatic rings. The van der Waals surface area contributed by atoms with Crippen LogP contribution in [0.2, 0.25) is 0 Å². The number of hydrogen-bond donors (Lipinski definition) is 2. The van der Waals surface area contributed by atoms with Gasteiger partial charge >= 0.3 is 0 Å².